The predicted octanol–water partition coefficient (Wildman–Crippen LogP) is 3.41. The van der Waals surface area contributed by atoms with Gasteiger partial charge in [-0.15, -0.1) is 0 Å². The smallest absolute Gasteiger partial charge is 0.331 e. The fourth-order valence-electron chi connectivity index (χ4n) is 0.918. The van der Waals surface area contributed by atoms with Crippen LogP contribution in [0.1, 0.15) is 34.1 Å². The van der Waals surface area contributed by atoms with Gasteiger partial charge in [0.25, 0.3) is 0 Å². The van der Waals surface area contributed by atoms with Crippen molar-refractivity contribution < 1.29 is 9.53 Å². The molecule has 0 aliphatic carbocycles. The van der Waals surface area contributed by atoms with Crippen molar-refractivity contribution >= 4 is 5.97 Å². The summed E-state index contributed by atoms with van der Waals surface area (Å²) in [5.74, 6) is -0.283. The summed E-state index contributed by atoms with van der Waals surface area (Å²) >= 11 is 0. The van der Waals surface area contributed by atoms with Gasteiger partial charge in [-0.25, -0.2) is 4.79 Å². The number of hydrogen-bond donors (Lipinski definition) is 0. The number of hydrogen-bond acceptors (Lipinski definition) is 2. The Balaban J connectivity index is 4.07. The van der Waals surface area contributed by atoms with Crippen LogP contribution >= 0.6 is 0 Å². The van der Waals surface area contributed by atoms with Gasteiger partial charge in [-0.2, -0.15) is 0 Å². The van der Waals surface area contributed by atoms with Gasteiger partial charge in [-0.3, -0.25) is 0 Å². The molecule has 2 nitrogen and oxygen atoms in total. The molecule has 0 radical (unpaired) electrons. The first-order valence-electron chi connectivity index (χ1n) is 5.28. The molecule has 0 saturated heterocycles. The minimum absolute atomic E-state index is 0.0113. The largest absolute Gasteiger partial charge is 0.460 e. The van der Waals surface area contributed by atoms with Gasteiger partial charge in [-0.1, -0.05) is 36.8 Å². The quantitative estimate of drug-likeness (QED) is 0.393. The minimum atomic E-state index is -0.283. The van der Waals surface area contributed by atoms with Gasteiger partial charge in [-0.05, 0) is 27.2 Å². The highest BCUT2D eigenvalue weighted by atomic mass is 16.5. The molecule has 0 aliphatic rings. The van der Waals surface area contributed by atoms with E-state index < -0.39 is 0 Å². The molecule has 1 unspecified atom stereocenters. The zero-order valence-electron chi connectivity index (χ0n) is 9.99. The van der Waals surface area contributed by atoms with Crippen molar-refractivity contribution in [2.45, 2.75) is 40.2 Å². The first-order valence-corrected chi connectivity index (χ1v) is 5.28. The maximum Gasteiger partial charge on any atom is 0.331 e. The lowest BCUT2D eigenvalue weighted by atomic mass is 10.2. The molecule has 0 amide bonds. The first-order chi connectivity index (χ1) is 7.10. The highest BCUT2D eigenvalue weighted by Crippen LogP contribution is 1.98. The van der Waals surface area contributed by atoms with E-state index in [1.54, 1.807) is 6.08 Å². The zero-order valence-corrected chi connectivity index (χ0v) is 9.99. The van der Waals surface area contributed by atoms with E-state index in [-0.39, 0.29) is 12.1 Å². The molecule has 1 atom stereocenters. The van der Waals surface area contributed by atoms with E-state index in [1.165, 1.54) is 6.08 Å². The van der Waals surface area contributed by atoms with Crippen LogP contribution in [0, 0.1) is 0 Å². The number of carbonyl (C=O) groups is 1. The third-order valence-corrected chi connectivity index (χ3v) is 1.91. The van der Waals surface area contributed by atoms with E-state index in [9.17, 15) is 4.79 Å². The Hall–Kier alpha value is -1.31. The summed E-state index contributed by atoms with van der Waals surface area (Å²) in [7, 11) is 0. The molecule has 84 valence electrons. The van der Waals surface area contributed by atoms with E-state index in [0.29, 0.717) is 0 Å². The lowest BCUT2D eigenvalue weighted by molar-refractivity contribution is -0.142. The van der Waals surface area contributed by atoms with E-state index in [2.05, 4.69) is 0 Å². The molecule has 0 aromatic rings. The Morgan fingerprint density at radius 2 is 2.07 bits per heavy atom. The Kier molecular flexibility index (Phi) is 7.33. The van der Waals surface area contributed by atoms with Gasteiger partial charge < -0.3 is 4.74 Å². The van der Waals surface area contributed by atoms with E-state index in [4.69, 9.17) is 4.74 Å². The van der Waals surface area contributed by atoms with Crippen molar-refractivity contribution in [1.82, 2.24) is 0 Å². The molecule has 2 heteroatoms. The molecule has 0 aromatic heterocycles. The van der Waals surface area contributed by atoms with Crippen molar-refractivity contribution in [3.8, 4) is 0 Å². The van der Waals surface area contributed by atoms with Crippen molar-refractivity contribution in [1.29, 1.82) is 0 Å². The summed E-state index contributed by atoms with van der Waals surface area (Å²) in [6.45, 7) is 7.80. The molecule has 15 heavy (non-hydrogen) atoms. The SMILES string of the molecule is C\C=C/C(C)=C\C=C\C(=O)OC(C)CC. The summed E-state index contributed by atoms with van der Waals surface area (Å²) in [6, 6.07) is 0. The highest BCUT2D eigenvalue weighted by molar-refractivity contribution is 5.82. The molecule has 0 saturated carbocycles. The number of rotatable bonds is 5. The Labute approximate surface area is 92.3 Å². The molecule has 0 aliphatic heterocycles. The van der Waals surface area contributed by atoms with Crippen LogP contribution in [0.4, 0.5) is 0 Å². The Bertz CT molecular complexity index is 272. The number of esters is 1. The number of carbonyl (C=O) groups excluding carboxylic acids is 1. The van der Waals surface area contributed by atoms with Crippen molar-refractivity contribution in [2.24, 2.45) is 0 Å². The van der Waals surface area contributed by atoms with Crippen LogP contribution < -0.4 is 0 Å². The topological polar surface area (TPSA) is 26.3 Å². The maximum absolute atomic E-state index is 11.2. The van der Waals surface area contributed by atoms with Crippen molar-refractivity contribution in [2.75, 3.05) is 0 Å². The van der Waals surface area contributed by atoms with Crippen molar-refractivity contribution in [3.05, 3.63) is 36.0 Å². The number of allylic oxidation sites excluding steroid dienone is 5. The van der Waals surface area contributed by atoms with E-state index in [0.717, 1.165) is 12.0 Å². The molecule has 0 N–H and O–H groups in total. The molecule has 0 rings (SSSR count). The highest BCUT2D eigenvalue weighted by Gasteiger charge is 2.02. The normalized spacial score (nSPS) is 14.8. The second-order valence-corrected chi connectivity index (χ2v) is 3.43. The van der Waals surface area contributed by atoms with Crippen LogP contribution in [-0.2, 0) is 9.53 Å². The monoisotopic (exact) mass is 208 g/mol. The lowest BCUT2D eigenvalue weighted by Crippen LogP contribution is -2.11. The van der Waals surface area contributed by atoms with Gasteiger partial charge in [0.1, 0.15) is 0 Å². The van der Waals surface area contributed by atoms with Gasteiger partial charge in [0.15, 0.2) is 0 Å². The summed E-state index contributed by atoms with van der Waals surface area (Å²) in [4.78, 5) is 11.2. The first kappa shape index (κ1) is 13.7. The fraction of sp³-hybridized carbons (Fsp3) is 0.462. The lowest BCUT2D eigenvalue weighted by Gasteiger charge is -2.07. The van der Waals surface area contributed by atoms with Gasteiger partial charge in [0.2, 0.25) is 0 Å². The summed E-state index contributed by atoms with van der Waals surface area (Å²) < 4.78 is 5.07. The molecule has 0 spiro atoms. The molecule has 0 aromatic carbocycles. The Morgan fingerprint density at radius 3 is 2.60 bits per heavy atom. The maximum atomic E-state index is 11.2. The van der Waals surface area contributed by atoms with Crippen LogP contribution in [0.25, 0.3) is 0 Å². The molecular formula is C13H20O2. The van der Waals surface area contributed by atoms with Crippen molar-refractivity contribution in [3.63, 3.8) is 0 Å². The zero-order chi connectivity index (χ0) is 11.7. The second-order valence-electron chi connectivity index (χ2n) is 3.43. The van der Waals surface area contributed by atoms with Crippen LogP contribution in [-0.4, -0.2) is 12.1 Å². The van der Waals surface area contributed by atoms with E-state index >= 15 is 0 Å². The summed E-state index contributed by atoms with van der Waals surface area (Å²) in [5.41, 5.74) is 1.10. The van der Waals surface area contributed by atoms with Crippen LogP contribution in [0.5, 0.6) is 0 Å². The van der Waals surface area contributed by atoms with Crippen LogP contribution in [0.2, 0.25) is 0 Å². The predicted molar refractivity (Wildman–Crippen MR) is 63.6 cm³/mol. The van der Waals surface area contributed by atoms with Gasteiger partial charge >= 0.3 is 5.97 Å². The molecule has 0 heterocycles. The standard InChI is InChI=1S/C13H20O2/c1-5-8-11(3)9-7-10-13(14)15-12(4)6-2/h5,7-10,12H,6H2,1-4H3/b8-5-,10-7+,11-9-. The van der Waals surface area contributed by atoms with Crippen LogP contribution in [0.3, 0.4) is 0 Å². The second kappa shape index (κ2) is 8.04. The molecule has 0 bridgehead atoms. The average Bonchev–Trinajstić information content (AvgIpc) is 2.18. The third-order valence-electron chi connectivity index (χ3n) is 1.91. The fourth-order valence-corrected chi connectivity index (χ4v) is 0.918. The minimum Gasteiger partial charge on any atom is -0.460 e. The van der Waals surface area contributed by atoms with Gasteiger partial charge in [0, 0.05) is 6.08 Å². The molecular weight excluding hydrogens is 188 g/mol. The van der Waals surface area contributed by atoms with Crippen LogP contribution in [0.15, 0.2) is 36.0 Å². The van der Waals surface area contributed by atoms with Gasteiger partial charge in [0.05, 0.1) is 6.10 Å². The average molecular weight is 208 g/mol. The van der Waals surface area contributed by atoms with E-state index in [1.807, 2.05) is 45.9 Å². The summed E-state index contributed by atoms with van der Waals surface area (Å²) in [5, 5.41) is 0. The third kappa shape index (κ3) is 7.74. The summed E-state index contributed by atoms with van der Waals surface area (Å²) in [6.07, 6.45) is 9.79. The number of ether oxygens (including phenoxy) is 1. The molecule has 0 fully saturated rings. The Morgan fingerprint density at radius 1 is 1.40 bits per heavy atom.